The van der Waals surface area contributed by atoms with E-state index in [1.165, 1.54) is 17.7 Å². The van der Waals surface area contributed by atoms with Crippen LogP contribution in [-0.2, 0) is 24.3 Å². The van der Waals surface area contributed by atoms with E-state index in [2.05, 4.69) is 22.2 Å². The van der Waals surface area contributed by atoms with Crippen molar-refractivity contribution in [3.05, 3.63) is 82.9 Å². The number of aryl methyl sites for hydroxylation is 2. The van der Waals surface area contributed by atoms with Gasteiger partial charge >= 0.3 is 0 Å². The van der Waals surface area contributed by atoms with Crippen molar-refractivity contribution < 1.29 is 13.9 Å². The fourth-order valence-corrected chi connectivity index (χ4v) is 5.32. The van der Waals surface area contributed by atoms with Crippen molar-refractivity contribution >= 4 is 28.5 Å². The van der Waals surface area contributed by atoms with E-state index in [0.29, 0.717) is 16.9 Å². The van der Waals surface area contributed by atoms with Crippen molar-refractivity contribution in [3.8, 4) is 11.8 Å². The lowest BCUT2D eigenvalue weighted by Gasteiger charge is -2.14. The summed E-state index contributed by atoms with van der Waals surface area (Å²) in [4.78, 5) is 13.8. The van der Waals surface area contributed by atoms with Crippen molar-refractivity contribution in [2.24, 2.45) is 7.05 Å². The first kappa shape index (κ1) is 24.4. The lowest BCUT2D eigenvalue weighted by atomic mass is 10.0. The van der Waals surface area contributed by atoms with Crippen LogP contribution < -0.4 is 14.8 Å². The Morgan fingerprint density at radius 3 is 2.80 bits per heavy atom. The molecule has 3 N–H and O–H groups in total. The lowest BCUT2D eigenvalue weighted by molar-refractivity contribution is 0.101. The maximum Gasteiger partial charge on any atom is 0.272 e. The van der Waals surface area contributed by atoms with Crippen LogP contribution in [0, 0.1) is 21.9 Å². The molecule has 35 heavy (non-hydrogen) atoms. The SMILES string of the molecule is COc1ccc(CCCC2C=Cc3c(cn(C)c3C(=O)Nc3ccc(F)c(C#N)c3)S(=N)N2)cc1. The lowest BCUT2D eigenvalue weighted by Crippen LogP contribution is -2.27. The molecule has 0 spiro atoms. The first-order valence-corrected chi connectivity index (χ1v) is 12.3. The van der Waals surface area contributed by atoms with Gasteiger partial charge < -0.3 is 14.6 Å². The van der Waals surface area contributed by atoms with Crippen molar-refractivity contribution in [2.45, 2.75) is 30.2 Å². The van der Waals surface area contributed by atoms with Gasteiger partial charge in [-0.1, -0.05) is 24.3 Å². The smallest absolute Gasteiger partial charge is 0.272 e. The Kier molecular flexibility index (Phi) is 7.44. The van der Waals surface area contributed by atoms with Gasteiger partial charge in [-0.05, 0) is 66.0 Å². The Bertz CT molecular complexity index is 1340. The molecule has 2 aromatic carbocycles. The van der Waals surface area contributed by atoms with E-state index in [9.17, 15) is 9.18 Å². The number of rotatable bonds is 7. The molecule has 0 saturated carbocycles. The third kappa shape index (κ3) is 5.50. The Morgan fingerprint density at radius 2 is 2.09 bits per heavy atom. The molecule has 1 aliphatic rings. The number of nitrogens with one attached hydrogen (secondary N) is 3. The molecule has 4 rings (SSSR count). The van der Waals surface area contributed by atoms with E-state index >= 15 is 0 Å². The van der Waals surface area contributed by atoms with Gasteiger partial charge in [0.1, 0.15) is 23.3 Å². The van der Waals surface area contributed by atoms with Crippen molar-refractivity contribution in [1.82, 2.24) is 9.29 Å². The predicted molar refractivity (Wildman–Crippen MR) is 135 cm³/mol. The number of carbonyl (C=O) groups is 1. The van der Waals surface area contributed by atoms with Gasteiger partial charge in [0.2, 0.25) is 0 Å². The van der Waals surface area contributed by atoms with Crippen LogP contribution in [0.4, 0.5) is 10.1 Å². The highest BCUT2D eigenvalue weighted by Crippen LogP contribution is 2.27. The minimum Gasteiger partial charge on any atom is -0.497 e. The van der Waals surface area contributed by atoms with Crippen molar-refractivity contribution in [1.29, 1.82) is 10.0 Å². The molecule has 180 valence electrons. The van der Waals surface area contributed by atoms with Gasteiger partial charge in [0.05, 0.1) is 17.6 Å². The van der Waals surface area contributed by atoms with Gasteiger partial charge in [-0.3, -0.25) is 9.57 Å². The van der Waals surface area contributed by atoms with Crippen molar-refractivity contribution in [3.63, 3.8) is 0 Å². The first-order chi connectivity index (χ1) is 16.9. The monoisotopic (exact) mass is 491 g/mol. The number of nitrogens with zero attached hydrogens (tertiary/aromatic N) is 2. The van der Waals surface area contributed by atoms with Gasteiger partial charge in [0, 0.05) is 30.5 Å². The van der Waals surface area contributed by atoms with E-state index in [0.717, 1.165) is 36.0 Å². The summed E-state index contributed by atoms with van der Waals surface area (Å²) in [6.45, 7) is 0. The van der Waals surface area contributed by atoms with Crippen LogP contribution in [0.3, 0.4) is 0 Å². The molecule has 2 atom stereocenters. The third-order valence-corrected chi connectivity index (χ3v) is 7.17. The van der Waals surface area contributed by atoms with Gasteiger partial charge in [-0.15, -0.1) is 0 Å². The molecule has 1 amide bonds. The van der Waals surface area contributed by atoms with Crippen LogP contribution >= 0.6 is 0 Å². The number of ether oxygens (including phenoxy) is 1. The molecule has 7 nitrogen and oxygen atoms in total. The zero-order valence-electron chi connectivity index (χ0n) is 19.5. The molecular weight excluding hydrogens is 465 g/mol. The van der Waals surface area contributed by atoms with E-state index in [1.807, 2.05) is 24.3 Å². The van der Waals surface area contributed by atoms with Crippen LogP contribution in [0.1, 0.15) is 40.0 Å². The first-order valence-electron chi connectivity index (χ1n) is 11.1. The number of fused-ring (bicyclic) bond motifs is 1. The van der Waals surface area contributed by atoms with Crippen LogP contribution in [-0.4, -0.2) is 23.6 Å². The maximum atomic E-state index is 13.6. The molecule has 2 unspecified atom stereocenters. The molecule has 2 heterocycles. The Labute approximate surface area is 206 Å². The minimum absolute atomic E-state index is 0.0120. The second-order valence-corrected chi connectivity index (χ2v) is 9.54. The molecule has 1 aliphatic heterocycles. The number of methoxy groups -OCH3 is 1. The molecular formula is C26H26FN5O2S. The highest BCUT2D eigenvalue weighted by atomic mass is 32.2. The van der Waals surface area contributed by atoms with Crippen LogP contribution in [0.5, 0.6) is 5.75 Å². The third-order valence-electron chi connectivity index (χ3n) is 5.87. The number of nitriles is 1. The number of hydrogen-bond donors (Lipinski definition) is 3. The molecule has 0 saturated heterocycles. The zero-order valence-corrected chi connectivity index (χ0v) is 20.3. The normalized spacial score (nSPS) is 16.7. The van der Waals surface area contributed by atoms with Crippen LogP contribution in [0.15, 0.2) is 59.6 Å². The summed E-state index contributed by atoms with van der Waals surface area (Å²) in [5.74, 6) is -0.185. The number of benzene rings is 2. The number of hydrogen-bond acceptors (Lipinski definition) is 4. The van der Waals surface area contributed by atoms with E-state index in [1.54, 1.807) is 31.0 Å². The van der Waals surface area contributed by atoms with Gasteiger partial charge in [-0.2, -0.15) is 5.26 Å². The van der Waals surface area contributed by atoms with E-state index in [-0.39, 0.29) is 17.5 Å². The number of carbonyl (C=O) groups excluding carboxylic acids is 1. The second-order valence-electron chi connectivity index (χ2n) is 8.26. The maximum absolute atomic E-state index is 13.6. The second kappa shape index (κ2) is 10.7. The van der Waals surface area contributed by atoms with Crippen LogP contribution in [0.2, 0.25) is 0 Å². The van der Waals surface area contributed by atoms with Crippen molar-refractivity contribution in [2.75, 3.05) is 12.4 Å². The summed E-state index contributed by atoms with van der Waals surface area (Å²) in [5, 5.41) is 11.8. The molecule has 3 aromatic rings. The molecule has 1 aromatic heterocycles. The Balaban J connectivity index is 1.47. The average molecular weight is 492 g/mol. The molecule has 0 radical (unpaired) electrons. The standard InChI is InChI=1S/C26H26FN5O2S/c1-32-16-24-22(25(32)26(33)30-20-9-13-23(27)18(14-20)15-28)12-8-19(31-35(24)29)5-3-4-17-6-10-21(34-2)11-7-17/h6-14,16,19H,3-5H2,1-2H3,(H2,29,31)(H,30,33). The highest BCUT2D eigenvalue weighted by molar-refractivity contribution is 7.84. The number of amides is 1. The fourth-order valence-electron chi connectivity index (χ4n) is 4.04. The molecule has 9 heteroatoms. The summed E-state index contributed by atoms with van der Waals surface area (Å²) in [6.07, 6.45) is 8.44. The number of anilines is 1. The topological polar surface area (TPSA) is 103 Å². The Hall–Kier alpha value is -3.74. The highest BCUT2D eigenvalue weighted by Gasteiger charge is 2.24. The van der Waals surface area contributed by atoms with Gasteiger partial charge in [0.15, 0.2) is 0 Å². The summed E-state index contributed by atoms with van der Waals surface area (Å²) < 4.78 is 32.5. The summed E-state index contributed by atoms with van der Waals surface area (Å²) >= 11 is 0. The fraction of sp³-hybridized carbons (Fsp3) is 0.231. The van der Waals surface area contributed by atoms with Gasteiger partial charge in [0.25, 0.3) is 5.91 Å². The number of aromatic nitrogens is 1. The molecule has 0 bridgehead atoms. The summed E-state index contributed by atoms with van der Waals surface area (Å²) in [6, 6.07) is 13.7. The van der Waals surface area contributed by atoms with E-state index < -0.39 is 16.7 Å². The minimum atomic E-state index is -0.998. The Morgan fingerprint density at radius 1 is 1.31 bits per heavy atom. The largest absolute Gasteiger partial charge is 0.497 e. The molecule has 0 aliphatic carbocycles. The quantitative estimate of drug-likeness (QED) is 0.435. The molecule has 0 fully saturated rings. The number of halogens is 1. The predicted octanol–water partition coefficient (Wildman–Crippen LogP) is 4.96. The zero-order chi connectivity index (χ0) is 24.9. The van der Waals surface area contributed by atoms with Gasteiger partial charge in [-0.25, -0.2) is 9.11 Å². The summed E-state index contributed by atoms with van der Waals surface area (Å²) in [5.41, 5.74) is 2.53. The van der Waals surface area contributed by atoms with E-state index in [4.69, 9.17) is 14.8 Å². The summed E-state index contributed by atoms with van der Waals surface area (Å²) in [7, 11) is 2.41. The van der Waals surface area contributed by atoms with Crippen LogP contribution in [0.25, 0.3) is 6.08 Å². The average Bonchev–Trinajstić information content (AvgIpc) is 3.12.